The molecule has 1 amide bonds. The minimum atomic E-state index is 0.104. The topological polar surface area (TPSA) is 50.6 Å². The van der Waals surface area contributed by atoms with Crippen molar-refractivity contribution < 1.29 is 9.53 Å². The number of pyridine rings is 1. The maximum Gasteiger partial charge on any atom is 0.253 e. The Morgan fingerprint density at radius 2 is 1.86 bits per heavy atom. The van der Waals surface area contributed by atoms with Crippen LogP contribution in [0.15, 0.2) is 48.8 Å². The van der Waals surface area contributed by atoms with Gasteiger partial charge >= 0.3 is 0 Å². The number of piperazine rings is 1. The number of nitrogens with zero attached hydrogens (tertiary/aromatic N) is 4. The van der Waals surface area contributed by atoms with Crippen molar-refractivity contribution in [1.82, 2.24) is 19.4 Å². The van der Waals surface area contributed by atoms with Crippen LogP contribution in [0.5, 0.6) is 5.75 Å². The molecule has 0 unspecified atom stereocenters. The number of benzene rings is 1. The highest BCUT2D eigenvalue weighted by Gasteiger charge is 2.22. The second-order valence-corrected chi connectivity index (χ2v) is 7.48. The Hall–Kier alpha value is -2.86. The van der Waals surface area contributed by atoms with Gasteiger partial charge in [-0.3, -0.25) is 9.69 Å². The highest BCUT2D eigenvalue weighted by molar-refractivity contribution is 5.94. The third-order valence-corrected chi connectivity index (χ3v) is 5.59. The first-order valence-electron chi connectivity index (χ1n) is 10.3. The van der Waals surface area contributed by atoms with Gasteiger partial charge in [-0.25, -0.2) is 4.98 Å². The lowest BCUT2D eigenvalue weighted by atomic mass is 10.1. The van der Waals surface area contributed by atoms with Crippen LogP contribution in [0.2, 0.25) is 0 Å². The van der Waals surface area contributed by atoms with Crippen LogP contribution in [0.4, 0.5) is 0 Å². The molecule has 0 atom stereocenters. The summed E-state index contributed by atoms with van der Waals surface area (Å²) >= 11 is 0. The van der Waals surface area contributed by atoms with Crippen LogP contribution in [-0.4, -0.2) is 64.6 Å². The van der Waals surface area contributed by atoms with Crippen LogP contribution in [-0.2, 0) is 13.5 Å². The lowest BCUT2D eigenvalue weighted by molar-refractivity contribution is 0.0638. The average Bonchev–Trinajstić information content (AvgIpc) is 3.09. The number of hydrogen-bond acceptors (Lipinski definition) is 4. The van der Waals surface area contributed by atoms with Crippen LogP contribution in [0, 0.1) is 0 Å². The van der Waals surface area contributed by atoms with Crippen molar-refractivity contribution >= 4 is 16.9 Å². The van der Waals surface area contributed by atoms with Crippen molar-refractivity contribution in [2.75, 3.05) is 39.3 Å². The molecule has 4 rings (SSSR count). The van der Waals surface area contributed by atoms with Crippen molar-refractivity contribution in [1.29, 1.82) is 0 Å². The number of aromatic nitrogens is 2. The highest BCUT2D eigenvalue weighted by atomic mass is 16.5. The van der Waals surface area contributed by atoms with Gasteiger partial charge in [0, 0.05) is 63.1 Å². The van der Waals surface area contributed by atoms with Crippen molar-refractivity contribution in [2.45, 2.75) is 13.3 Å². The number of aryl methyl sites for hydroxylation is 1. The van der Waals surface area contributed by atoms with Gasteiger partial charge in [0.05, 0.1) is 6.61 Å². The SMILES string of the molecule is CCOc1ccc(C(=O)N2CCN(CCc3cn(C)c4ncccc34)CC2)cc1. The summed E-state index contributed by atoms with van der Waals surface area (Å²) in [6.07, 6.45) is 5.02. The Kier molecular flexibility index (Phi) is 5.81. The van der Waals surface area contributed by atoms with Crippen molar-refractivity contribution in [3.63, 3.8) is 0 Å². The normalized spacial score (nSPS) is 15.0. The Bertz CT molecular complexity index is 972. The van der Waals surface area contributed by atoms with Crippen molar-refractivity contribution in [2.24, 2.45) is 7.05 Å². The first-order valence-corrected chi connectivity index (χ1v) is 10.3. The molecule has 1 saturated heterocycles. The Morgan fingerprint density at radius 1 is 1.10 bits per heavy atom. The van der Waals surface area contributed by atoms with E-state index in [1.54, 1.807) is 0 Å². The summed E-state index contributed by atoms with van der Waals surface area (Å²) in [5.41, 5.74) is 3.10. The number of carbonyl (C=O) groups is 1. The summed E-state index contributed by atoms with van der Waals surface area (Å²) in [6, 6.07) is 11.6. The molecule has 6 heteroatoms. The molecule has 0 spiro atoms. The van der Waals surface area contributed by atoms with Gasteiger partial charge in [0.25, 0.3) is 5.91 Å². The second kappa shape index (κ2) is 8.66. The van der Waals surface area contributed by atoms with Gasteiger partial charge in [0.1, 0.15) is 11.4 Å². The molecule has 3 heterocycles. The summed E-state index contributed by atoms with van der Waals surface area (Å²) < 4.78 is 7.55. The predicted molar refractivity (Wildman–Crippen MR) is 114 cm³/mol. The summed E-state index contributed by atoms with van der Waals surface area (Å²) in [5, 5.41) is 1.24. The average molecular weight is 393 g/mol. The third kappa shape index (κ3) is 4.27. The first kappa shape index (κ1) is 19.5. The molecule has 152 valence electrons. The summed E-state index contributed by atoms with van der Waals surface area (Å²) in [6.45, 7) is 6.93. The molecule has 6 nitrogen and oxygen atoms in total. The predicted octanol–water partition coefficient (Wildman–Crippen LogP) is 2.97. The lowest BCUT2D eigenvalue weighted by Crippen LogP contribution is -2.49. The van der Waals surface area contributed by atoms with Crippen molar-refractivity contribution in [3.8, 4) is 5.75 Å². The van der Waals surface area contributed by atoms with Gasteiger partial charge < -0.3 is 14.2 Å². The fourth-order valence-corrected chi connectivity index (χ4v) is 3.99. The van der Waals surface area contributed by atoms with Gasteiger partial charge in [-0.1, -0.05) is 0 Å². The standard InChI is InChI=1S/C23H28N4O2/c1-3-29-20-8-6-18(7-9-20)23(28)27-15-13-26(14-16-27)12-10-19-17-25(2)22-21(19)5-4-11-24-22/h4-9,11,17H,3,10,12-16H2,1-2H3. The smallest absolute Gasteiger partial charge is 0.253 e. The maximum absolute atomic E-state index is 12.8. The van der Waals surface area contributed by atoms with Crippen LogP contribution < -0.4 is 4.74 Å². The first-order chi connectivity index (χ1) is 14.2. The monoisotopic (exact) mass is 392 g/mol. The molecule has 0 bridgehead atoms. The van der Waals surface area contributed by atoms with Gasteiger partial charge in [-0.2, -0.15) is 0 Å². The molecule has 1 aliphatic rings. The molecule has 3 aromatic rings. The van der Waals surface area contributed by atoms with E-state index < -0.39 is 0 Å². The summed E-state index contributed by atoms with van der Waals surface area (Å²) in [4.78, 5) is 21.6. The molecule has 1 fully saturated rings. The molecular formula is C23H28N4O2. The molecule has 2 aromatic heterocycles. The fourth-order valence-electron chi connectivity index (χ4n) is 3.99. The zero-order chi connectivity index (χ0) is 20.2. The van der Waals surface area contributed by atoms with Crippen molar-refractivity contribution in [3.05, 3.63) is 59.9 Å². The Morgan fingerprint density at radius 3 is 2.59 bits per heavy atom. The Balaban J connectivity index is 1.30. The van der Waals surface area contributed by atoms with E-state index >= 15 is 0 Å². The number of amides is 1. The minimum absolute atomic E-state index is 0.104. The molecule has 1 aromatic carbocycles. The summed E-state index contributed by atoms with van der Waals surface area (Å²) in [5.74, 6) is 0.908. The largest absolute Gasteiger partial charge is 0.494 e. The lowest BCUT2D eigenvalue weighted by Gasteiger charge is -2.34. The number of fused-ring (bicyclic) bond motifs is 1. The highest BCUT2D eigenvalue weighted by Crippen LogP contribution is 2.19. The number of ether oxygens (including phenoxy) is 1. The van der Waals surface area contributed by atoms with E-state index in [9.17, 15) is 4.79 Å². The number of hydrogen-bond donors (Lipinski definition) is 0. The van der Waals surface area contributed by atoms with Gasteiger partial charge in [-0.05, 0) is 55.3 Å². The Labute approximate surface area is 171 Å². The van der Waals surface area contributed by atoms with Gasteiger partial charge in [-0.15, -0.1) is 0 Å². The fraction of sp³-hybridized carbons (Fsp3) is 0.391. The summed E-state index contributed by atoms with van der Waals surface area (Å²) in [7, 11) is 2.05. The molecule has 0 saturated carbocycles. The number of rotatable bonds is 6. The minimum Gasteiger partial charge on any atom is -0.494 e. The molecule has 0 aliphatic carbocycles. The van der Waals surface area contributed by atoms with E-state index in [0.29, 0.717) is 6.61 Å². The zero-order valence-corrected chi connectivity index (χ0v) is 17.2. The quantitative estimate of drug-likeness (QED) is 0.647. The van der Waals surface area contributed by atoms with E-state index in [-0.39, 0.29) is 5.91 Å². The van der Waals surface area contributed by atoms with Crippen LogP contribution in [0.3, 0.4) is 0 Å². The van der Waals surface area contributed by atoms with E-state index in [0.717, 1.165) is 56.1 Å². The van der Waals surface area contributed by atoms with E-state index in [1.165, 1.54) is 10.9 Å². The van der Waals surface area contributed by atoms with Crippen LogP contribution in [0.25, 0.3) is 11.0 Å². The van der Waals surface area contributed by atoms with Gasteiger partial charge in [0.15, 0.2) is 0 Å². The van der Waals surface area contributed by atoms with Crippen LogP contribution in [0.1, 0.15) is 22.8 Å². The molecule has 1 aliphatic heterocycles. The second-order valence-electron chi connectivity index (χ2n) is 7.48. The van der Waals surface area contributed by atoms with E-state index in [4.69, 9.17) is 4.74 Å². The molecule has 29 heavy (non-hydrogen) atoms. The van der Waals surface area contributed by atoms with Crippen LogP contribution >= 0.6 is 0 Å². The third-order valence-electron chi connectivity index (χ3n) is 5.59. The zero-order valence-electron chi connectivity index (χ0n) is 17.2. The van der Waals surface area contributed by atoms with E-state index in [1.807, 2.05) is 55.4 Å². The maximum atomic E-state index is 12.8. The molecule has 0 N–H and O–H groups in total. The van der Waals surface area contributed by atoms with Gasteiger partial charge in [0.2, 0.25) is 0 Å². The molecular weight excluding hydrogens is 364 g/mol. The van der Waals surface area contributed by atoms with E-state index in [2.05, 4.69) is 26.7 Å². The molecule has 0 radical (unpaired) electrons. The number of carbonyl (C=O) groups excluding carboxylic acids is 1.